The number of benzene rings is 1. The van der Waals surface area contributed by atoms with E-state index in [1.807, 2.05) is 0 Å². The van der Waals surface area contributed by atoms with Crippen LogP contribution in [0.4, 0.5) is 0 Å². The maximum atomic E-state index is 11.9. The van der Waals surface area contributed by atoms with E-state index in [0.29, 0.717) is 11.3 Å². The number of carbonyl (C=O) groups is 3. The van der Waals surface area contributed by atoms with E-state index in [1.54, 1.807) is 19.1 Å². The molecule has 0 saturated carbocycles. The van der Waals surface area contributed by atoms with Crippen molar-refractivity contribution in [3.05, 3.63) is 17.7 Å². The van der Waals surface area contributed by atoms with E-state index in [0.717, 1.165) is 0 Å². The van der Waals surface area contributed by atoms with Crippen LogP contribution in [0.15, 0.2) is 22.3 Å². The number of esters is 1. The van der Waals surface area contributed by atoms with Crippen molar-refractivity contribution in [2.24, 2.45) is 16.1 Å². The second-order valence-electron chi connectivity index (χ2n) is 5.63. The Balaban J connectivity index is 2.07. The van der Waals surface area contributed by atoms with E-state index < -0.39 is 17.8 Å². The van der Waals surface area contributed by atoms with Gasteiger partial charge in [-0.25, -0.2) is 10.9 Å². The van der Waals surface area contributed by atoms with Crippen LogP contribution in [0.1, 0.15) is 25.8 Å². The van der Waals surface area contributed by atoms with Gasteiger partial charge in [0.2, 0.25) is 17.6 Å². The highest BCUT2D eigenvalue weighted by Gasteiger charge is 2.29. The van der Waals surface area contributed by atoms with Crippen LogP contribution in [-0.2, 0) is 14.4 Å². The van der Waals surface area contributed by atoms with E-state index in [1.165, 1.54) is 27.4 Å². The lowest BCUT2D eigenvalue weighted by Crippen LogP contribution is -2.29. The van der Waals surface area contributed by atoms with Crippen molar-refractivity contribution in [3.8, 4) is 17.2 Å². The number of ether oxygens (including phenoxy) is 3. The topological polar surface area (TPSA) is 128 Å². The molecule has 0 bridgehead atoms. The maximum Gasteiger partial charge on any atom is 0.308 e. The summed E-state index contributed by atoms with van der Waals surface area (Å²) in [6, 6.07) is 3.13. The zero-order valence-corrected chi connectivity index (χ0v) is 15.4. The van der Waals surface area contributed by atoms with Crippen molar-refractivity contribution >= 4 is 29.7 Å². The fourth-order valence-electron chi connectivity index (χ4n) is 2.36. The van der Waals surface area contributed by atoms with Crippen molar-refractivity contribution in [2.45, 2.75) is 20.3 Å². The number of hydrogen-bond donors (Lipinski definition) is 2. The van der Waals surface area contributed by atoms with Gasteiger partial charge in [0.15, 0.2) is 11.5 Å². The Morgan fingerprint density at radius 3 is 2.41 bits per heavy atom. The number of rotatable bonds is 7. The second kappa shape index (κ2) is 8.79. The second-order valence-corrected chi connectivity index (χ2v) is 5.63. The molecule has 0 fully saturated rings. The fourth-order valence-corrected chi connectivity index (χ4v) is 2.36. The largest absolute Gasteiger partial charge is 0.493 e. The first-order valence-corrected chi connectivity index (χ1v) is 7.96. The molecule has 1 heterocycles. The van der Waals surface area contributed by atoms with E-state index >= 15 is 0 Å². The van der Waals surface area contributed by atoms with Gasteiger partial charge in [0, 0.05) is 24.6 Å². The summed E-state index contributed by atoms with van der Waals surface area (Å²) in [6.07, 6.45) is 1.31. The normalized spacial score (nSPS) is 15.9. The molecule has 1 aliphatic heterocycles. The van der Waals surface area contributed by atoms with Crippen LogP contribution in [0.25, 0.3) is 0 Å². The predicted molar refractivity (Wildman–Crippen MR) is 96.0 cm³/mol. The van der Waals surface area contributed by atoms with Gasteiger partial charge in [0.05, 0.1) is 26.4 Å². The SMILES string of the molecule is COc1cc(C=NNC(=O)CC2C(=O)NN=C2C)cc(OC)c1OC(C)=O. The van der Waals surface area contributed by atoms with Gasteiger partial charge in [-0.3, -0.25) is 14.4 Å². The van der Waals surface area contributed by atoms with Crippen LogP contribution in [0.5, 0.6) is 17.2 Å². The average Bonchev–Trinajstić information content (AvgIpc) is 2.94. The molecule has 27 heavy (non-hydrogen) atoms. The number of amides is 2. The minimum Gasteiger partial charge on any atom is -0.493 e. The molecule has 144 valence electrons. The quantitative estimate of drug-likeness (QED) is 0.310. The molecule has 2 amide bonds. The van der Waals surface area contributed by atoms with Gasteiger partial charge in [0.1, 0.15) is 0 Å². The molecule has 0 aliphatic carbocycles. The summed E-state index contributed by atoms with van der Waals surface area (Å²) in [6.45, 7) is 2.93. The van der Waals surface area contributed by atoms with E-state index in [4.69, 9.17) is 14.2 Å². The molecule has 2 N–H and O–H groups in total. The Bertz CT molecular complexity index is 793. The number of carbonyl (C=O) groups excluding carboxylic acids is 3. The van der Waals surface area contributed by atoms with Gasteiger partial charge < -0.3 is 14.2 Å². The molecule has 1 aromatic carbocycles. The van der Waals surface area contributed by atoms with Gasteiger partial charge in [0.25, 0.3) is 0 Å². The van der Waals surface area contributed by atoms with Gasteiger partial charge in [-0.15, -0.1) is 0 Å². The lowest BCUT2D eigenvalue weighted by molar-refractivity contribution is -0.132. The third-order valence-corrected chi connectivity index (χ3v) is 3.68. The number of nitrogens with zero attached hydrogens (tertiary/aromatic N) is 2. The van der Waals surface area contributed by atoms with E-state index in [-0.39, 0.29) is 29.6 Å². The minimum atomic E-state index is -0.594. The average molecular weight is 376 g/mol. The van der Waals surface area contributed by atoms with Gasteiger partial charge in [-0.1, -0.05) is 0 Å². The van der Waals surface area contributed by atoms with Crippen molar-refractivity contribution in [1.82, 2.24) is 10.9 Å². The summed E-state index contributed by atoms with van der Waals surface area (Å²) in [7, 11) is 2.84. The van der Waals surface area contributed by atoms with Gasteiger partial charge >= 0.3 is 5.97 Å². The van der Waals surface area contributed by atoms with Crippen LogP contribution >= 0.6 is 0 Å². The van der Waals surface area contributed by atoms with Crippen LogP contribution in [0.3, 0.4) is 0 Å². The first-order valence-electron chi connectivity index (χ1n) is 7.96. The molecule has 0 saturated heterocycles. The molecule has 1 atom stereocenters. The molecule has 0 aromatic heterocycles. The number of hydrazone groups is 2. The summed E-state index contributed by atoms with van der Waals surface area (Å²) in [4.78, 5) is 34.7. The highest BCUT2D eigenvalue weighted by atomic mass is 16.6. The zero-order chi connectivity index (χ0) is 20.0. The third-order valence-electron chi connectivity index (χ3n) is 3.68. The Kier molecular flexibility index (Phi) is 6.47. The smallest absolute Gasteiger partial charge is 0.308 e. The summed E-state index contributed by atoms with van der Waals surface area (Å²) >= 11 is 0. The van der Waals surface area contributed by atoms with Crippen molar-refractivity contribution in [2.75, 3.05) is 14.2 Å². The van der Waals surface area contributed by atoms with E-state index in [9.17, 15) is 14.4 Å². The Labute approximate surface area is 155 Å². The maximum absolute atomic E-state index is 11.9. The lowest BCUT2D eigenvalue weighted by Gasteiger charge is -2.13. The highest BCUT2D eigenvalue weighted by Crippen LogP contribution is 2.38. The van der Waals surface area contributed by atoms with Crippen molar-refractivity contribution in [3.63, 3.8) is 0 Å². The molecule has 10 nitrogen and oxygen atoms in total. The molecule has 1 aliphatic rings. The molecule has 1 aromatic rings. The Morgan fingerprint density at radius 1 is 1.30 bits per heavy atom. The van der Waals surface area contributed by atoms with Crippen LogP contribution in [0, 0.1) is 5.92 Å². The lowest BCUT2D eigenvalue weighted by atomic mass is 10.0. The summed E-state index contributed by atoms with van der Waals surface area (Å²) in [5.41, 5.74) is 5.76. The number of hydrogen-bond acceptors (Lipinski definition) is 8. The van der Waals surface area contributed by atoms with Crippen molar-refractivity contribution < 1.29 is 28.6 Å². The summed E-state index contributed by atoms with van der Waals surface area (Å²) < 4.78 is 15.5. The van der Waals surface area contributed by atoms with E-state index in [2.05, 4.69) is 21.1 Å². The molecule has 1 unspecified atom stereocenters. The minimum absolute atomic E-state index is 0.0590. The first-order chi connectivity index (χ1) is 12.8. The molecule has 2 rings (SSSR count). The van der Waals surface area contributed by atoms with Gasteiger partial charge in [-0.2, -0.15) is 10.2 Å². The van der Waals surface area contributed by atoms with Crippen LogP contribution in [-0.4, -0.2) is 43.9 Å². The molecule has 0 radical (unpaired) electrons. The summed E-state index contributed by atoms with van der Waals surface area (Å²) in [5, 5.41) is 7.64. The molecule has 10 heteroatoms. The van der Waals surface area contributed by atoms with Crippen LogP contribution in [0.2, 0.25) is 0 Å². The standard InChI is InChI=1S/C17H20N4O6/c1-9-12(17(24)21-19-9)7-15(23)20-18-8-11-5-13(25-3)16(27-10(2)22)14(6-11)26-4/h5-6,8,12H,7H2,1-4H3,(H,20,23)(H,21,24). The zero-order valence-electron chi connectivity index (χ0n) is 15.4. The number of methoxy groups -OCH3 is 2. The monoisotopic (exact) mass is 376 g/mol. The Morgan fingerprint density at radius 2 is 1.93 bits per heavy atom. The molecular weight excluding hydrogens is 356 g/mol. The number of nitrogens with one attached hydrogen (secondary N) is 2. The van der Waals surface area contributed by atoms with Crippen LogP contribution < -0.4 is 25.1 Å². The fraction of sp³-hybridized carbons (Fsp3) is 0.353. The highest BCUT2D eigenvalue weighted by molar-refractivity contribution is 6.09. The summed E-state index contributed by atoms with van der Waals surface area (Å²) in [5.74, 6) is -1.17. The Hall–Kier alpha value is -3.43. The van der Waals surface area contributed by atoms with Gasteiger partial charge in [-0.05, 0) is 19.1 Å². The molecule has 0 spiro atoms. The molecular formula is C17H20N4O6. The van der Waals surface area contributed by atoms with Crippen molar-refractivity contribution in [1.29, 1.82) is 0 Å². The third kappa shape index (κ3) is 5.03. The first kappa shape index (κ1) is 19.9. The predicted octanol–water partition coefficient (Wildman–Crippen LogP) is 0.591.